The molecule has 0 spiro atoms. The number of nitrogens with zero attached hydrogens (tertiary/aromatic N) is 2. The molecule has 29 heavy (non-hydrogen) atoms. The van der Waals surface area contributed by atoms with Crippen LogP contribution in [0.2, 0.25) is 0 Å². The van der Waals surface area contributed by atoms with Gasteiger partial charge in [0.2, 0.25) is 15.9 Å². The molecule has 9 nitrogen and oxygen atoms in total. The minimum Gasteiger partial charge on any atom is -0.444 e. The molecule has 2 fully saturated rings. The summed E-state index contributed by atoms with van der Waals surface area (Å²) in [5.41, 5.74) is -0.0132. The molecular weight excluding hydrogens is 396 g/mol. The molecule has 2 N–H and O–H groups in total. The average Bonchev–Trinajstić information content (AvgIpc) is 3.01. The van der Waals surface area contributed by atoms with Crippen molar-refractivity contribution in [1.82, 2.24) is 14.9 Å². The van der Waals surface area contributed by atoms with Gasteiger partial charge in [0.25, 0.3) is 0 Å². The number of ether oxygens (including phenoxy) is 1. The number of piperazine rings is 1. The molecule has 0 bridgehead atoms. The number of benzene rings is 1. The maximum atomic E-state index is 12.7. The summed E-state index contributed by atoms with van der Waals surface area (Å²) >= 11 is 0. The number of hydrogen-bond donors (Lipinski definition) is 2. The number of hydrogen-bond acceptors (Lipinski definition) is 6. The van der Waals surface area contributed by atoms with Gasteiger partial charge in [-0.2, -0.15) is 4.31 Å². The maximum absolute atomic E-state index is 12.7. The van der Waals surface area contributed by atoms with Gasteiger partial charge in [0.1, 0.15) is 5.60 Å². The zero-order chi connectivity index (χ0) is 21.2. The maximum Gasteiger partial charge on any atom is 0.407 e. The molecule has 1 unspecified atom stereocenters. The Labute approximate surface area is 171 Å². The molecule has 2 aliphatic rings. The van der Waals surface area contributed by atoms with Crippen molar-refractivity contribution < 1.29 is 22.7 Å². The van der Waals surface area contributed by atoms with Crippen LogP contribution in [0.25, 0.3) is 0 Å². The van der Waals surface area contributed by atoms with Gasteiger partial charge in [-0.05, 0) is 45.0 Å². The molecule has 1 aromatic carbocycles. The molecule has 160 valence electrons. The summed E-state index contributed by atoms with van der Waals surface area (Å²) in [4.78, 5) is 26.1. The Kier molecular flexibility index (Phi) is 6.16. The number of carbonyl (C=O) groups excluding carboxylic acids is 2. The van der Waals surface area contributed by atoms with E-state index in [0.29, 0.717) is 38.4 Å². The highest BCUT2D eigenvalue weighted by Gasteiger charge is 2.33. The lowest BCUT2D eigenvalue weighted by atomic mass is 10.2. The van der Waals surface area contributed by atoms with Gasteiger partial charge >= 0.3 is 6.09 Å². The van der Waals surface area contributed by atoms with E-state index in [-0.39, 0.29) is 23.3 Å². The molecule has 2 saturated heterocycles. The average molecular weight is 425 g/mol. The number of anilines is 1. The molecule has 2 heterocycles. The molecule has 10 heteroatoms. The minimum atomic E-state index is -3.54. The number of carbonyl (C=O) groups is 2. The van der Waals surface area contributed by atoms with E-state index < -0.39 is 21.7 Å². The largest absolute Gasteiger partial charge is 0.444 e. The summed E-state index contributed by atoms with van der Waals surface area (Å²) in [6.45, 7) is 7.76. The van der Waals surface area contributed by atoms with E-state index in [0.717, 1.165) is 0 Å². The van der Waals surface area contributed by atoms with Crippen molar-refractivity contribution in [2.45, 2.75) is 43.7 Å². The van der Waals surface area contributed by atoms with Crippen molar-refractivity contribution in [2.75, 3.05) is 37.6 Å². The van der Waals surface area contributed by atoms with Gasteiger partial charge in [-0.25, -0.2) is 13.2 Å². The zero-order valence-corrected chi connectivity index (χ0v) is 17.8. The highest BCUT2D eigenvalue weighted by Crippen LogP contribution is 2.25. The Bertz CT molecular complexity index is 858. The normalized spacial score (nSPS) is 21.3. The van der Waals surface area contributed by atoms with E-state index in [2.05, 4.69) is 10.6 Å². The van der Waals surface area contributed by atoms with Crippen molar-refractivity contribution in [3.05, 3.63) is 24.3 Å². The van der Waals surface area contributed by atoms with E-state index in [1.807, 2.05) is 0 Å². The fourth-order valence-electron chi connectivity index (χ4n) is 3.36. The standard InChI is InChI=1S/C19H28N4O5S/c1-19(2,3)28-18(25)21-14-12-17(24)23(13-14)15-4-6-16(7-5-15)29(26,27)22-10-8-20-9-11-22/h4-7,14,20H,8-13H2,1-3H3,(H,21,25). The first-order valence-electron chi connectivity index (χ1n) is 9.67. The van der Waals surface area contributed by atoms with Crippen LogP contribution in [0.1, 0.15) is 27.2 Å². The number of alkyl carbamates (subject to hydrolysis) is 1. The first-order chi connectivity index (χ1) is 13.6. The summed E-state index contributed by atoms with van der Waals surface area (Å²) in [6.07, 6.45) is -0.394. The van der Waals surface area contributed by atoms with Gasteiger partial charge in [0.15, 0.2) is 0 Å². The van der Waals surface area contributed by atoms with Crippen LogP contribution in [0.3, 0.4) is 0 Å². The van der Waals surface area contributed by atoms with Gasteiger partial charge in [-0.15, -0.1) is 0 Å². The lowest BCUT2D eigenvalue weighted by molar-refractivity contribution is -0.117. The van der Waals surface area contributed by atoms with Gasteiger partial charge < -0.3 is 20.3 Å². The number of sulfonamides is 1. The lowest BCUT2D eigenvalue weighted by Crippen LogP contribution is -2.46. The van der Waals surface area contributed by atoms with E-state index in [1.54, 1.807) is 37.8 Å². The van der Waals surface area contributed by atoms with E-state index in [4.69, 9.17) is 4.74 Å². The van der Waals surface area contributed by atoms with Crippen LogP contribution in [-0.2, 0) is 19.6 Å². The van der Waals surface area contributed by atoms with Crippen LogP contribution in [0.5, 0.6) is 0 Å². The van der Waals surface area contributed by atoms with Gasteiger partial charge in [-0.1, -0.05) is 0 Å². The molecule has 0 saturated carbocycles. The molecule has 0 aliphatic carbocycles. The second-order valence-electron chi connectivity index (χ2n) is 8.20. The second kappa shape index (κ2) is 8.29. The fraction of sp³-hybridized carbons (Fsp3) is 0.579. The van der Waals surface area contributed by atoms with Gasteiger partial charge in [0, 0.05) is 44.8 Å². The molecule has 2 amide bonds. The third kappa shape index (κ3) is 5.26. The summed E-state index contributed by atoms with van der Waals surface area (Å²) in [6, 6.07) is 5.94. The van der Waals surface area contributed by atoms with Gasteiger partial charge in [0.05, 0.1) is 10.9 Å². The predicted molar refractivity (Wildman–Crippen MR) is 108 cm³/mol. The summed E-state index contributed by atoms with van der Waals surface area (Å²) in [5.74, 6) is -0.135. The Morgan fingerprint density at radius 2 is 1.79 bits per heavy atom. The minimum absolute atomic E-state index is 0.135. The molecule has 0 radical (unpaired) electrons. The van der Waals surface area contributed by atoms with Crippen LogP contribution in [0, 0.1) is 0 Å². The molecule has 0 aromatic heterocycles. The van der Waals surface area contributed by atoms with E-state index in [1.165, 1.54) is 16.4 Å². The number of amides is 2. The predicted octanol–water partition coefficient (Wildman–Crippen LogP) is 0.911. The van der Waals surface area contributed by atoms with Crippen LogP contribution < -0.4 is 15.5 Å². The molecule has 2 aliphatic heterocycles. The highest BCUT2D eigenvalue weighted by atomic mass is 32.2. The Morgan fingerprint density at radius 1 is 1.17 bits per heavy atom. The topological polar surface area (TPSA) is 108 Å². The number of rotatable bonds is 4. The zero-order valence-electron chi connectivity index (χ0n) is 17.0. The third-order valence-corrected chi connectivity index (χ3v) is 6.62. The third-order valence-electron chi connectivity index (χ3n) is 4.71. The Hall–Kier alpha value is -2.17. The number of nitrogens with one attached hydrogen (secondary N) is 2. The first kappa shape index (κ1) is 21.5. The van der Waals surface area contributed by atoms with Crippen molar-refractivity contribution in [3.63, 3.8) is 0 Å². The monoisotopic (exact) mass is 424 g/mol. The van der Waals surface area contributed by atoms with E-state index >= 15 is 0 Å². The van der Waals surface area contributed by atoms with E-state index in [9.17, 15) is 18.0 Å². The summed E-state index contributed by atoms with van der Waals surface area (Å²) in [5, 5.41) is 5.84. The van der Waals surface area contributed by atoms with Crippen molar-refractivity contribution in [3.8, 4) is 0 Å². The highest BCUT2D eigenvalue weighted by molar-refractivity contribution is 7.89. The lowest BCUT2D eigenvalue weighted by Gasteiger charge is -2.26. The summed E-state index contributed by atoms with van der Waals surface area (Å²) < 4.78 is 32.1. The SMILES string of the molecule is CC(C)(C)OC(=O)NC1CC(=O)N(c2ccc(S(=O)(=O)N3CCNCC3)cc2)C1. The van der Waals surface area contributed by atoms with Crippen LogP contribution in [0.4, 0.5) is 10.5 Å². The van der Waals surface area contributed by atoms with Crippen molar-refractivity contribution in [2.24, 2.45) is 0 Å². The summed E-state index contributed by atoms with van der Waals surface area (Å²) in [7, 11) is -3.54. The quantitative estimate of drug-likeness (QED) is 0.744. The van der Waals surface area contributed by atoms with Crippen LogP contribution in [-0.4, -0.2) is 69.1 Å². The van der Waals surface area contributed by atoms with Crippen LogP contribution >= 0.6 is 0 Å². The van der Waals surface area contributed by atoms with Gasteiger partial charge in [-0.3, -0.25) is 4.79 Å². The van der Waals surface area contributed by atoms with Crippen molar-refractivity contribution in [1.29, 1.82) is 0 Å². The first-order valence-corrected chi connectivity index (χ1v) is 11.1. The second-order valence-corrected chi connectivity index (χ2v) is 10.1. The molecule has 1 aromatic rings. The Balaban J connectivity index is 1.65. The van der Waals surface area contributed by atoms with Crippen molar-refractivity contribution >= 4 is 27.7 Å². The molecule has 3 rings (SSSR count). The molecular formula is C19H28N4O5S. The Morgan fingerprint density at radius 3 is 2.38 bits per heavy atom. The van der Waals surface area contributed by atoms with Crippen LogP contribution in [0.15, 0.2) is 29.2 Å². The fourth-order valence-corrected chi connectivity index (χ4v) is 4.80. The molecule has 1 atom stereocenters. The smallest absolute Gasteiger partial charge is 0.407 e.